The Labute approximate surface area is 238 Å². The van der Waals surface area contributed by atoms with E-state index in [0.29, 0.717) is 61.0 Å². The molecule has 1 aliphatic rings. The molecule has 9 nitrogen and oxygen atoms in total. The number of anilines is 1. The quantitative estimate of drug-likeness (QED) is 0.324. The van der Waals surface area contributed by atoms with Gasteiger partial charge in [0, 0.05) is 36.3 Å². The summed E-state index contributed by atoms with van der Waals surface area (Å²) in [5, 5.41) is 6.89. The van der Waals surface area contributed by atoms with Crippen LogP contribution in [-0.4, -0.2) is 66.1 Å². The Bertz CT molecular complexity index is 1310. The Morgan fingerprint density at radius 2 is 2.00 bits per heavy atom. The predicted molar refractivity (Wildman–Crippen MR) is 155 cm³/mol. The highest BCUT2D eigenvalue weighted by Crippen LogP contribution is 2.38. The van der Waals surface area contributed by atoms with E-state index >= 15 is 0 Å². The lowest BCUT2D eigenvalue weighted by Crippen LogP contribution is -2.40. The first-order chi connectivity index (χ1) is 18.5. The fraction of sp³-hybridized carbons (Fsp3) is 0.464. The first-order valence-corrected chi connectivity index (χ1v) is 14.6. The number of morpholine rings is 1. The van der Waals surface area contributed by atoms with Crippen molar-refractivity contribution in [3.8, 4) is 5.75 Å². The van der Waals surface area contributed by atoms with Crippen molar-refractivity contribution in [3.63, 3.8) is 0 Å². The van der Waals surface area contributed by atoms with Crippen LogP contribution in [0.3, 0.4) is 0 Å². The predicted octanol–water partition coefficient (Wildman–Crippen LogP) is 5.19. The average molecular weight is 572 g/mol. The van der Waals surface area contributed by atoms with Gasteiger partial charge in [0.15, 0.2) is 5.13 Å². The molecule has 1 unspecified atom stereocenters. The molecule has 2 aromatic heterocycles. The number of nitrogens with one attached hydrogen (secondary N) is 3. The van der Waals surface area contributed by atoms with E-state index in [1.165, 1.54) is 23.1 Å². The molecule has 1 atom stereocenters. The Balaban J connectivity index is 1.40. The van der Waals surface area contributed by atoms with Crippen molar-refractivity contribution in [2.45, 2.75) is 56.3 Å². The molecule has 0 saturated carbocycles. The van der Waals surface area contributed by atoms with Gasteiger partial charge < -0.3 is 24.7 Å². The van der Waals surface area contributed by atoms with Crippen molar-refractivity contribution in [1.82, 2.24) is 20.2 Å². The standard InChI is InChI=1S/C28H37N5O4S2/c1-17-13-22(36-6)20(26(35)33-9-11-37-12-10-33)14-23(17)38-24-16-30-27(39-24)32-25(34)21-8-7-19(31-21)15-29-18(2)28(3,4)5/h7-8,13-14,16,18,29,31H,9-12,15H2,1-6H3,(H,30,32,34). The van der Waals surface area contributed by atoms with Gasteiger partial charge in [0.2, 0.25) is 0 Å². The fourth-order valence-electron chi connectivity index (χ4n) is 3.93. The Hall–Kier alpha value is -2.86. The number of hydrogen-bond acceptors (Lipinski definition) is 8. The molecule has 3 aromatic rings. The molecule has 1 aromatic carbocycles. The molecule has 1 aliphatic heterocycles. The molecular formula is C28H37N5O4S2. The number of hydrogen-bond donors (Lipinski definition) is 3. The lowest BCUT2D eigenvalue weighted by Gasteiger charge is -2.28. The number of carbonyl (C=O) groups is 2. The molecule has 3 heterocycles. The molecule has 4 rings (SSSR count). The van der Waals surface area contributed by atoms with Crippen molar-refractivity contribution in [2.75, 3.05) is 38.7 Å². The maximum Gasteiger partial charge on any atom is 0.273 e. The van der Waals surface area contributed by atoms with Crippen LogP contribution in [0.4, 0.5) is 5.13 Å². The zero-order valence-corrected chi connectivity index (χ0v) is 25.0. The Kier molecular flexibility index (Phi) is 9.37. The van der Waals surface area contributed by atoms with Gasteiger partial charge in [-0.05, 0) is 49.1 Å². The van der Waals surface area contributed by atoms with Crippen molar-refractivity contribution in [3.05, 3.63) is 53.0 Å². The van der Waals surface area contributed by atoms with Crippen LogP contribution in [0.5, 0.6) is 5.75 Å². The smallest absolute Gasteiger partial charge is 0.273 e. The minimum absolute atomic E-state index is 0.0670. The number of carbonyl (C=O) groups excluding carboxylic acids is 2. The first-order valence-electron chi connectivity index (χ1n) is 13.0. The average Bonchev–Trinajstić information content (AvgIpc) is 3.57. The van der Waals surface area contributed by atoms with Crippen LogP contribution in [0.15, 0.2) is 39.6 Å². The van der Waals surface area contributed by atoms with Crippen molar-refractivity contribution in [1.29, 1.82) is 0 Å². The SMILES string of the molecule is COc1cc(C)c(Sc2cnc(NC(=O)c3ccc(CNC(C)C(C)(C)C)[nH]3)s2)cc1C(=O)N1CCOCC1. The lowest BCUT2D eigenvalue weighted by molar-refractivity contribution is 0.0300. The monoisotopic (exact) mass is 571 g/mol. The van der Waals surface area contributed by atoms with Crippen LogP contribution in [0.25, 0.3) is 0 Å². The highest BCUT2D eigenvalue weighted by atomic mass is 32.2. The van der Waals surface area contributed by atoms with Gasteiger partial charge in [-0.2, -0.15) is 0 Å². The van der Waals surface area contributed by atoms with E-state index in [2.05, 4.69) is 48.3 Å². The van der Waals surface area contributed by atoms with Crippen LogP contribution in [0.1, 0.15) is 59.8 Å². The second-order valence-corrected chi connectivity index (χ2v) is 13.0. The van der Waals surface area contributed by atoms with Crippen molar-refractivity contribution in [2.24, 2.45) is 5.41 Å². The van der Waals surface area contributed by atoms with E-state index < -0.39 is 0 Å². The van der Waals surface area contributed by atoms with Crippen molar-refractivity contribution < 1.29 is 19.1 Å². The minimum atomic E-state index is -0.241. The number of nitrogens with zero attached hydrogens (tertiary/aromatic N) is 2. The number of amides is 2. The summed E-state index contributed by atoms with van der Waals surface area (Å²) >= 11 is 2.89. The molecule has 0 radical (unpaired) electrons. The van der Waals surface area contributed by atoms with E-state index in [1.807, 2.05) is 25.1 Å². The zero-order valence-electron chi connectivity index (χ0n) is 23.3. The summed E-state index contributed by atoms with van der Waals surface area (Å²) in [7, 11) is 1.58. The summed E-state index contributed by atoms with van der Waals surface area (Å²) in [5.74, 6) is 0.247. The minimum Gasteiger partial charge on any atom is -0.496 e. The Morgan fingerprint density at radius 1 is 1.26 bits per heavy atom. The number of aryl methyl sites for hydroxylation is 1. The third-order valence-electron chi connectivity index (χ3n) is 6.83. The molecule has 3 N–H and O–H groups in total. The van der Waals surface area contributed by atoms with Crippen LogP contribution >= 0.6 is 23.1 Å². The number of aromatic nitrogens is 2. The second-order valence-electron chi connectivity index (χ2n) is 10.6. The molecule has 39 heavy (non-hydrogen) atoms. The molecule has 0 spiro atoms. The van der Waals surface area contributed by atoms with Gasteiger partial charge in [0.1, 0.15) is 11.4 Å². The summed E-state index contributed by atoms with van der Waals surface area (Å²) in [6, 6.07) is 7.80. The van der Waals surface area contributed by atoms with Gasteiger partial charge in [-0.1, -0.05) is 43.9 Å². The van der Waals surface area contributed by atoms with E-state index in [4.69, 9.17) is 9.47 Å². The van der Waals surface area contributed by atoms with Gasteiger partial charge >= 0.3 is 0 Å². The first kappa shape index (κ1) is 29.1. The van der Waals surface area contributed by atoms with Crippen LogP contribution in [-0.2, 0) is 11.3 Å². The topological polar surface area (TPSA) is 109 Å². The third kappa shape index (κ3) is 7.42. The number of ether oxygens (including phenoxy) is 2. The summed E-state index contributed by atoms with van der Waals surface area (Å²) < 4.78 is 11.8. The maximum atomic E-state index is 13.2. The molecule has 11 heteroatoms. The third-order valence-corrected chi connectivity index (χ3v) is 9.00. The lowest BCUT2D eigenvalue weighted by atomic mass is 9.88. The van der Waals surface area contributed by atoms with E-state index in [0.717, 1.165) is 20.4 Å². The van der Waals surface area contributed by atoms with E-state index in [1.54, 1.807) is 24.3 Å². The molecule has 0 aliphatic carbocycles. The number of aromatic amines is 1. The van der Waals surface area contributed by atoms with Crippen LogP contribution in [0.2, 0.25) is 0 Å². The maximum absolute atomic E-state index is 13.2. The number of thiazole rings is 1. The normalized spacial score (nSPS) is 14.8. The highest BCUT2D eigenvalue weighted by Gasteiger charge is 2.24. The van der Waals surface area contributed by atoms with Gasteiger partial charge in [-0.15, -0.1) is 0 Å². The van der Waals surface area contributed by atoms with Gasteiger partial charge in [0.25, 0.3) is 11.8 Å². The van der Waals surface area contributed by atoms with Crippen LogP contribution in [0, 0.1) is 12.3 Å². The highest BCUT2D eigenvalue weighted by molar-refractivity contribution is 8.01. The summed E-state index contributed by atoms with van der Waals surface area (Å²) in [6.07, 6.45) is 1.73. The second kappa shape index (κ2) is 12.5. The number of benzene rings is 1. The fourth-order valence-corrected chi connectivity index (χ4v) is 5.86. The number of rotatable bonds is 9. The van der Waals surface area contributed by atoms with Gasteiger partial charge in [-0.25, -0.2) is 4.98 Å². The molecule has 1 saturated heterocycles. The Morgan fingerprint density at radius 3 is 2.69 bits per heavy atom. The summed E-state index contributed by atoms with van der Waals surface area (Å²) in [5.41, 5.74) is 3.10. The van der Waals surface area contributed by atoms with Crippen LogP contribution < -0.4 is 15.4 Å². The number of H-pyrrole nitrogens is 1. The van der Waals surface area contributed by atoms with Crippen molar-refractivity contribution >= 4 is 40.0 Å². The molecule has 2 amide bonds. The summed E-state index contributed by atoms with van der Waals surface area (Å²) in [6.45, 7) is 13.6. The van der Waals surface area contributed by atoms with Gasteiger partial charge in [0.05, 0.1) is 36.3 Å². The summed E-state index contributed by atoms with van der Waals surface area (Å²) in [4.78, 5) is 36.3. The zero-order chi connectivity index (χ0) is 28.2. The van der Waals surface area contributed by atoms with E-state index in [9.17, 15) is 9.59 Å². The molecule has 1 fully saturated rings. The van der Waals surface area contributed by atoms with E-state index in [-0.39, 0.29) is 17.2 Å². The molecule has 0 bridgehead atoms. The largest absolute Gasteiger partial charge is 0.496 e. The number of methoxy groups -OCH3 is 1. The molecule has 210 valence electrons. The van der Waals surface area contributed by atoms with Gasteiger partial charge in [-0.3, -0.25) is 14.9 Å². The molecular weight excluding hydrogens is 534 g/mol.